The SMILES string of the molecule is COc1cccc(F)c1C(C)NC(=O)C1CC1C. The van der Waals surface area contributed by atoms with Crippen LogP contribution in [0.25, 0.3) is 0 Å². The molecular formula is C14H18FNO2. The molecule has 0 aliphatic heterocycles. The van der Waals surface area contributed by atoms with Crippen molar-refractivity contribution in [2.45, 2.75) is 26.3 Å². The van der Waals surface area contributed by atoms with Crippen LogP contribution in [-0.4, -0.2) is 13.0 Å². The molecule has 0 heterocycles. The molecule has 2 rings (SSSR count). The van der Waals surface area contributed by atoms with Crippen LogP contribution in [0.4, 0.5) is 4.39 Å². The molecule has 1 saturated carbocycles. The van der Waals surface area contributed by atoms with Gasteiger partial charge in [0.15, 0.2) is 0 Å². The van der Waals surface area contributed by atoms with Crippen molar-refractivity contribution >= 4 is 5.91 Å². The van der Waals surface area contributed by atoms with Crippen molar-refractivity contribution < 1.29 is 13.9 Å². The van der Waals surface area contributed by atoms with Gasteiger partial charge in [-0.2, -0.15) is 0 Å². The normalized spacial score (nSPS) is 23.3. The molecule has 1 amide bonds. The lowest BCUT2D eigenvalue weighted by Crippen LogP contribution is -2.29. The van der Waals surface area contributed by atoms with E-state index >= 15 is 0 Å². The van der Waals surface area contributed by atoms with Crippen molar-refractivity contribution in [1.82, 2.24) is 5.32 Å². The molecule has 0 bridgehead atoms. The van der Waals surface area contributed by atoms with Gasteiger partial charge in [-0.15, -0.1) is 0 Å². The minimum Gasteiger partial charge on any atom is -0.496 e. The number of nitrogens with one attached hydrogen (secondary N) is 1. The summed E-state index contributed by atoms with van der Waals surface area (Å²) in [5.41, 5.74) is 0.404. The third kappa shape index (κ3) is 2.47. The molecule has 0 saturated heterocycles. The summed E-state index contributed by atoms with van der Waals surface area (Å²) in [5, 5.41) is 2.85. The maximum absolute atomic E-state index is 13.8. The topological polar surface area (TPSA) is 38.3 Å². The van der Waals surface area contributed by atoms with Gasteiger partial charge in [0.25, 0.3) is 0 Å². The molecule has 1 aromatic rings. The summed E-state index contributed by atoms with van der Waals surface area (Å²) in [7, 11) is 1.50. The fraction of sp³-hybridized carbons (Fsp3) is 0.500. The molecule has 1 aromatic carbocycles. The van der Waals surface area contributed by atoms with E-state index < -0.39 is 0 Å². The molecule has 18 heavy (non-hydrogen) atoms. The fourth-order valence-corrected chi connectivity index (χ4v) is 2.20. The average molecular weight is 251 g/mol. The lowest BCUT2D eigenvalue weighted by Gasteiger charge is -2.18. The molecule has 1 aliphatic rings. The van der Waals surface area contributed by atoms with Crippen molar-refractivity contribution in [2.75, 3.05) is 7.11 Å². The van der Waals surface area contributed by atoms with Crippen molar-refractivity contribution in [2.24, 2.45) is 11.8 Å². The first kappa shape index (κ1) is 12.9. The van der Waals surface area contributed by atoms with Crippen LogP contribution in [0.5, 0.6) is 5.75 Å². The zero-order valence-corrected chi connectivity index (χ0v) is 10.9. The van der Waals surface area contributed by atoms with Crippen LogP contribution in [-0.2, 0) is 4.79 Å². The number of hydrogen-bond donors (Lipinski definition) is 1. The van der Waals surface area contributed by atoms with E-state index in [1.165, 1.54) is 13.2 Å². The van der Waals surface area contributed by atoms with Crippen molar-refractivity contribution in [3.63, 3.8) is 0 Å². The second-order valence-corrected chi connectivity index (χ2v) is 4.91. The number of hydrogen-bond acceptors (Lipinski definition) is 2. The number of benzene rings is 1. The number of carbonyl (C=O) groups is 1. The minimum atomic E-state index is -0.388. The van der Waals surface area contributed by atoms with Gasteiger partial charge in [0, 0.05) is 5.92 Å². The van der Waals surface area contributed by atoms with Crippen LogP contribution in [0, 0.1) is 17.7 Å². The summed E-state index contributed by atoms with van der Waals surface area (Å²) in [6.45, 7) is 3.81. The van der Waals surface area contributed by atoms with Gasteiger partial charge < -0.3 is 10.1 Å². The molecule has 98 valence electrons. The Hall–Kier alpha value is -1.58. The van der Waals surface area contributed by atoms with E-state index in [0.717, 1.165) is 6.42 Å². The second-order valence-electron chi connectivity index (χ2n) is 4.91. The molecule has 0 spiro atoms. The van der Waals surface area contributed by atoms with E-state index in [1.54, 1.807) is 19.1 Å². The Balaban J connectivity index is 2.13. The monoisotopic (exact) mass is 251 g/mol. The van der Waals surface area contributed by atoms with Gasteiger partial charge in [-0.25, -0.2) is 4.39 Å². The van der Waals surface area contributed by atoms with Crippen molar-refractivity contribution in [1.29, 1.82) is 0 Å². The molecule has 3 nitrogen and oxygen atoms in total. The minimum absolute atomic E-state index is 0.000283. The number of amides is 1. The number of halogens is 1. The zero-order chi connectivity index (χ0) is 13.3. The van der Waals surface area contributed by atoms with Gasteiger partial charge in [0.05, 0.1) is 18.7 Å². The van der Waals surface area contributed by atoms with Gasteiger partial charge in [-0.05, 0) is 31.4 Å². The molecule has 1 N–H and O–H groups in total. The van der Waals surface area contributed by atoms with Gasteiger partial charge in [-0.3, -0.25) is 4.79 Å². The predicted octanol–water partition coefficient (Wildman–Crippen LogP) is 2.67. The number of methoxy groups -OCH3 is 1. The van der Waals surface area contributed by atoms with Gasteiger partial charge in [0.1, 0.15) is 11.6 Å². The van der Waals surface area contributed by atoms with Gasteiger partial charge in [-0.1, -0.05) is 13.0 Å². The second kappa shape index (κ2) is 4.96. The number of carbonyl (C=O) groups excluding carboxylic acids is 1. The number of ether oxygens (including phenoxy) is 1. The average Bonchev–Trinajstić information content (AvgIpc) is 3.05. The Morgan fingerprint density at radius 3 is 2.78 bits per heavy atom. The summed E-state index contributed by atoms with van der Waals surface area (Å²) in [4.78, 5) is 11.8. The van der Waals surface area contributed by atoms with Gasteiger partial charge >= 0.3 is 0 Å². The maximum Gasteiger partial charge on any atom is 0.223 e. The largest absolute Gasteiger partial charge is 0.496 e. The van der Waals surface area contributed by atoms with Crippen molar-refractivity contribution in [3.8, 4) is 5.75 Å². The molecule has 1 fully saturated rings. The lowest BCUT2D eigenvalue weighted by atomic mass is 10.1. The van der Waals surface area contributed by atoms with E-state index in [9.17, 15) is 9.18 Å². The smallest absolute Gasteiger partial charge is 0.223 e. The van der Waals surface area contributed by atoms with E-state index in [1.807, 2.05) is 6.92 Å². The third-order valence-electron chi connectivity index (χ3n) is 3.47. The Labute approximate surface area is 106 Å². The number of rotatable bonds is 4. The summed E-state index contributed by atoms with van der Waals surface area (Å²) < 4.78 is 18.9. The van der Waals surface area contributed by atoms with Crippen LogP contribution < -0.4 is 10.1 Å². The molecule has 3 atom stereocenters. The van der Waals surface area contributed by atoms with E-state index in [2.05, 4.69) is 5.32 Å². The summed E-state index contributed by atoms with van der Waals surface area (Å²) in [6.07, 6.45) is 0.924. The third-order valence-corrected chi connectivity index (χ3v) is 3.47. The molecule has 4 heteroatoms. The Kier molecular flexibility index (Phi) is 3.55. The summed E-state index contributed by atoms with van der Waals surface area (Å²) in [5.74, 6) is 0.642. The Morgan fingerprint density at radius 1 is 1.56 bits per heavy atom. The highest BCUT2D eigenvalue weighted by Gasteiger charge is 2.39. The quantitative estimate of drug-likeness (QED) is 0.893. The molecule has 3 unspecified atom stereocenters. The summed E-state index contributed by atoms with van der Waals surface area (Å²) in [6, 6.07) is 4.28. The van der Waals surface area contributed by atoms with Crippen LogP contribution in [0.1, 0.15) is 31.9 Å². The Morgan fingerprint density at radius 2 is 2.22 bits per heavy atom. The van der Waals surface area contributed by atoms with Gasteiger partial charge in [0.2, 0.25) is 5.91 Å². The van der Waals surface area contributed by atoms with Crippen LogP contribution >= 0.6 is 0 Å². The van der Waals surface area contributed by atoms with Crippen LogP contribution in [0.15, 0.2) is 18.2 Å². The summed E-state index contributed by atoms with van der Waals surface area (Å²) >= 11 is 0. The van der Waals surface area contributed by atoms with Crippen LogP contribution in [0.3, 0.4) is 0 Å². The predicted molar refractivity (Wildman–Crippen MR) is 66.8 cm³/mol. The first-order chi connectivity index (χ1) is 8.54. The highest BCUT2D eigenvalue weighted by atomic mass is 19.1. The standard InChI is InChI=1S/C14H18FNO2/c1-8-7-10(8)14(17)16-9(2)13-11(15)5-4-6-12(13)18-3/h4-6,8-10H,7H2,1-3H3,(H,16,17). The molecule has 0 radical (unpaired) electrons. The molecule has 0 aromatic heterocycles. The van der Waals surface area contributed by atoms with Crippen LogP contribution in [0.2, 0.25) is 0 Å². The lowest BCUT2D eigenvalue weighted by molar-refractivity contribution is -0.123. The zero-order valence-electron chi connectivity index (χ0n) is 10.9. The first-order valence-corrected chi connectivity index (χ1v) is 6.17. The highest BCUT2D eigenvalue weighted by molar-refractivity contribution is 5.81. The molecular weight excluding hydrogens is 233 g/mol. The maximum atomic E-state index is 13.8. The highest BCUT2D eigenvalue weighted by Crippen LogP contribution is 2.38. The fourth-order valence-electron chi connectivity index (χ4n) is 2.20. The van der Waals surface area contributed by atoms with E-state index in [0.29, 0.717) is 17.2 Å². The van der Waals surface area contributed by atoms with E-state index in [-0.39, 0.29) is 23.7 Å². The van der Waals surface area contributed by atoms with E-state index in [4.69, 9.17) is 4.74 Å². The molecule has 1 aliphatic carbocycles. The Bertz CT molecular complexity index is 461. The van der Waals surface area contributed by atoms with Crippen molar-refractivity contribution in [3.05, 3.63) is 29.6 Å². The first-order valence-electron chi connectivity index (χ1n) is 6.17.